The summed E-state index contributed by atoms with van der Waals surface area (Å²) in [6, 6.07) is 3.32. The van der Waals surface area contributed by atoms with Crippen LogP contribution in [0.1, 0.15) is 10.6 Å². The number of rotatable bonds is 6. The van der Waals surface area contributed by atoms with Gasteiger partial charge >= 0.3 is 0 Å². The quantitative estimate of drug-likeness (QED) is 0.797. The summed E-state index contributed by atoms with van der Waals surface area (Å²) in [7, 11) is -1.75. The Morgan fingerprint density at radius 1 is 1.40 bits per heavy atom. The van der Waals surface area contributed by atoms with Gasteiger partial charge in [-0.15, -0.1) is 11.3 Å². The minimum Gasteiger partial charge on any atom is -0.315 e. The molecule has 0 saturated heterocycles. The smallest absolute Gasteiger partial charge is 0.242 e. The lowest BCUT2D eigenvalue weighted by Crippen LogP contribution is -2.23. The lowest BCUT2D eigenvalue weighted by molar-refractivity contribution is 0.580. The zero-order valence-corrected chi connectivity index (χ0v) is 13.8. The van der Waals surface area contributed by atoms with Gasteiger partial charge in [0.05, 0.1) is 16.0 Å². The first-order valence-corrected chi connectivity index (χ1v) is 8.79. The molecule has 2 rings (SSSR count). The van der Waals surface area contributed by atoms with Crippen molar-refractivity contribution < 1.29 is 8.42 Å². The fourth-order valence-electron chi connectivity index (χ4n) is 1.51. The van der Waals surface area contributed by atoms with E-state index in [1.165, 1.54) is 17.7 Å². The molecule has 0 saturated carbocycles. The molecule has 0 aliphatic carbocycles. The molecule has 0 atom stereocenters. The summed E-state index contributed by atoms with van der Waals surface area (Å²) < 4.78 is 27.6. The zero-order chi connectivity index (χ0) is 14.6. The third-order valence-corrected chi connectivity index (χ3v) is 6.09. The van der Waals surface area contributed by atoms with Crippen LogP contribution in [-0.2, 0) is 23.1 Å². The standard InChI is InChI=1S/C11H13BrN4O2S2/c1-13-6-9-4-10(11(12)19-9)20(17,18)16-5-8-2-3-14-7-15-8/h2-4,7,13,16H,5-6H2,1H3. The summed E-state index contributed by atoms with van der Waals surface area (Å²) in [5.74, 6) is 0. The highest BCUT2D eigenvalue weighted by atomic mass is 79.9. The Labute approximate surface area is 129 Å². The molecule has 0 unspecified atom stereocenters. The Morgan fingerprint density at radius 3 is 2.85 bits per heavy atom. The summed E-state index contributed by atoms with van der Waals surface area (Å²) >= 11 is 4.69. The molecule has 2 N–H and O–H groups in total. The molecule has 2 aromatic heterocycles. The maximum atomic E-state index is 12.2. The van der Waals surface area contributed by atoms with Gasteiger partial charge in [-0.05, 0) is 35.1 Å². The van der Waals surface area contributed by atoms with E-state index in [2.05, 4.69) is 35.9 Å². The molecular weight excluding hydrogens is 364 g/mol. The Balaban J connectivity index is 2.14. The molecule has 2 aromatic rings. The Hall–Kier alpha value is -0.870. The molecule has 108 valence electrons. The predicted octanol–water partition coefficient (Wildman–Crippen LogP) is 1.50. The van der Waals surface area contributed by atoms with Crippen LogP contribution in [0.4, 0.5) is 0 Å². The van der Waals surface area contributed by atoms with Crippen LogP contribution in [0.25, 0.3) is 0 Å². The molecule has 6 nitrogen and oxygen atoms in total. The average Bonchev–Trinajstić information content (AvgIpc) is 2.80. The van der Waals surface area contributed by atoms with E-state index in [0.717, 1.165) is 4.88 Å². The molecule has 0 aliphatic heterocycles. The highest BCUT2D eigenvalue weighted by molar-refractivity contribution is 9.11. The lowest BCUT2D eigenvalue weighted by Gasteiger charge is -2.04. The molecule has 0 aromatic carbocycles. The first-order valence-electron chi connectivity index (χ1n) is 5.70. The van der Waals surface area contributed by atoms with Crippen LogP contribution >= 0.6 is 27.3 Å². The number of nitrogens with zero attached hydrogens (tertiary/aromatic N) is 2. The van der Waals surface area contributed by atoms with Crippen molar-refractivity contribution in [3.05, 3.63) is 39.0 Å². The average molecular weight is 377 g/mol. The van der Waals surface area contributed by atoms with Gasteiger partial charge in [-0.3, -0.25) is 0 Å². The molecule has 0 aliphatic rings. The van der Waals surface area contributed by atoms with E-state index in [4.69, 9.17) is 0 Å². The summed E-state index contributed by atoms with van der Waals surface area (Å²) in [4.78, 5) is 8.96. The van der Waals surface area contributed by atoms with Gasteiger partial charge in [0, 0.05) is 17.6 Å². The summed E-state index contributed by atoms with van der Waals surface area (Å²) in [6.45, 7) is 0.763. The van der Waals surface area contributed by atoms with Crippen LogP contribution in [0.15, 0.2) is 33.3 Å². The molecule has 0 amide bonds. The van der Waals surface area contributed by atoms with Crippen molar-refractivity contribution in [3.8, 4) is 0 Å². The minimum absolute atomic E-state index is 0.133. The van der Waals surface area contributed by atoms with Crippen LogP contribution in [-0.4, -0.2) is 25.4 Å². The van der Waals surface area contributed by atoms with Crippen molar-refractivity contribution in [3.63, 3.8) is 0 Å². The van der Waals surface area contributed by atoms with Gasteiger partial charge in [0.1, 0.15) is 11.2 Å². The summed E-state index contributed by atoms with van der Waals surface area (Å²) in [5, 5.41) is 2.99. The number of thiophene rings is 1. The van der Waals surface area contributed by atoms with Crippen LogP contribution in [0, 0.1) is 0 Å². The van der Waals surface area contributed by atoms with Crippen LogP contribution in [0.2, 0.25) is 0 Å². The molecular formula is C11H13BrN4O2S2. The Bertz CT molecular complexity index is 673. The fourth-order valence-corrected chi connectivity index (χ4v) is 5.20. The normalized spacial score (nSPS) is 11.7. The van der Waals surface area contributed by atoms with Gasteiger partial charge < -0.3 is 5.32 Å². The monoisotopic (exact) mass is 376 g/mol. The maximum absolute atomic E-state index is 12.2. The number of nitrogens with one attached hydrogen (secondary N) is 2. The summed E-state index contributed by atoms with van der Waals surface area (Å²) in [6.07, 6.45) is 2.96. The topological polar surface area (TPSA) is 84.0 Å². The van der Waals surface area contributed by atoms with Crippen molar-refractivity contribution >= 4 is 37.3 Å². The van der Waals surface area contributed by atoms with Crippen molar-refractivity contribution in [1.29, 1.82) is 0 Å². The Morgan fingerprint density at radius 2 is 2.20 bits per heavy atom. The highest BCUT2D eigenvalue weighted by Gasteiger charge is 2.20. The molecule has 9 heteroatoms. The number of halogens is 1. The molecule has 2 heterocycles. The summed E-state index contributed by atoms with van der Waals surface area (Å²) in [5.41, 5.74) is 0.616. The molecule has 0 radical (unpaired) electrons. The van der Waals surface area contributed by atoms with E-state index >= 15 is 0 Å². The van der Waals surface area contributed by atoms with Crippen molar-refractivity contribution in [2.45, 2.75) is 18.0 Å². The van der Waals surface area contributed by atoms with Crippen molar-refractivity contribution in [2.75, 3.05) is 7.05 Å². The second-order valence-electron chi connectivity index (χ2n) is 3.91. The lowest BCUT2D eigenvalue weighted by atomic mass is 10.4. The third-order valence-electron chi connectivity index (χ3n) is 2.43. The maximum Gasteiger partial charge on any atom is 0.242 e. The van der Waals surface area contributed by atoms with Gasteiger partial charge in [0.25, 0.3) is 0 Å². The largest absolute Gasteiger partial charge is 0.315 e. The molecule has 0 spiro atoms. The highest BCUT2D eigenvalue weighted by Crippen LogP contribution is 2.31. The molecule has 20 heavy (non-hydrogen) atoms. The van der Waals surface area contributed by atoms with Gasteiger partial charge in [-0.2, -0.15) is 0 Å². The van der Waals surface area contributed by atoms with E-state index < -0.39 is 10.0 Å². The van der Waals surface area contributed by atoms with E-state index in [-0.39, 0.29) is 11.4 Å². The first kappa shape index (κ1) is 15.5. The van der Waals surface area contributed by atoms with Gasteiger partial charge in [-0.1, -0.05) is 0 Å². The van der Waals surface area contributed by atoms with Gasteiger partial charge in [0.2, 0.25) is 10.0 Å². The number of sulfonamides is 1. The predicted molar refractivity (Wildman–Crippen MR) is 80.8 cm³/mol. The second kappa shape index (κ2) is 6.72. The SMILES string of the molecule is CNCc1cc(S(=O)(=O)NCc2ccncn2)c(Br)s1. The van der Waals surface area contributed by atoms with E-state index in [0.29, 0.717) is 16.0 Å². The van der Waals surface area contributed by atoms with Crippen LogP contribution < -0.4 is 10.0 Å². The van der Waals surface area contributed by atoms with Gasteiger partial charge in [0.15, 0.2) is 0 Å². The van der Waals surface area contributed by atoms with E-state index in [1.807, 2.05) is 7.05 Å². The fraction of sp³-hybridized carbons (Fsp3) is 0.273. The van der Waals surface area contributed by atoms with Crippen LogP contribution in [0.5, 0.6) is 0 Å². The van der Waals surface area contributed by atoms with Crippen LogP contribution in [0.3, 0.4) is 0 Å². The van der Waals surface area contributed by atoms with Gasteiger partial charge in [-0.25, -0.2) is 23.1 Å². The molecule has 0 fully saturated rings. The number of hydrogen-bond donors (Lipinski definition) is 2. The second-order valence-corrected chi connectivity index (χ2v) is 8.10. The number of hydrogen-bond acceptors (Lipinski definition) is 6. The third kappa shape index (κ3) is 3.83. The molecule has 0 bridgehead atoms. The van der Waals surface area contributed by atoms with Crippen molar-refractivity contribution in [2.24, 2.45) is 0 Å². The van der Waals surface area contributed by atoms with Crippen molar-refractivity contribution in [1.82, 2.24) is 20.0 Å². The minimum atomic E-state index is -3.56. The van der Waals surface area contributed by atoms with E-state index in [9.17, 15) is 8.42 Å². The Kier molecular flexibility index (Phi) is 5.22. The van der Waals surface area contributed by atoms with E-state index in [1.54, 1.807) is 18.3 Å². The first-order chi connectivity index (χ1) is 9.53. The zero-order valence-electron chi connectivity index (χ0n) is 10.6. The number of aromatic nitrogens is 2.